The summed E-state index contributed by atoms with van der Waals surface area (Å²) in [6.07, 6.45) is 1.02. The van der Waals surface area contributed by atoms with Gasteiger partial charge in [0.2, 0.25) is 0 Å². The first-order valence-corrected chi connectivity index (χ1v) is 6.21. The lowest BCUT2D eigenvalue weighted by Gasteiger charge is -2.06. The second-order valence-corrected chi connectivity index (χ2v) is 4.38. The summed E-state index contributed by atoms with van der Waals surface area (Å²) in [6, 6.07) is 5.58. The van der Waals surface area contributed by atoms with Gasteiger partial charge in [0.25, 0.3) is 0 Å². The number of rotatable bonds is 7. The minimum Gasteiger partial charge on any atom is -0.382 e. The second-order valence-electron chi connectivity index (χ2n) is 3.50. The summed E-state index contributed by atoms with van der Waals surface area (Å²) in [5.41, 5.74) is 1.11. The summed E-state index contributed by atoms with van der Waals surface area (Å²) < 4.78 is 5.24. The van der Waals surface area contributed by atoms with Crippen molar-refractivity contribution in [3.63, 3.8) is 0 Å². The van der Waals surface area contributed by atoms with Crippen LogP contribution in [0.4, 0.5) is 0 Å². The first-order valence-electron chi connectivity index (χ1n) is 5.46. The smallest absolute Gasteiger partial charge is 0.0477 e. The van der Waals surface area contributed by atoms with Crippen LogP contribution < -0.4 is 5.32 Å². The summed E-state index contributed by atoms with van der Waals surface area (Å²) in [6.45, 7) is 5.31. The van der Waals surface area contributed by atoms with Gasteiger partial charge in [0, 0.05) is 29.8 Å². The molecule has 0 heterocycles. The lowest BCUT2D eigenvalue weighted by molar-refractivity contribution is 0.144. The van der Waals surface area contributed by atoms with Crippen LogP contribution in [0.15, 0.2) is 18.2 Å². The van der Waals surface area contributed by atoms with Gasteiger partial charge in [-0.05, 0) is 43.7 Å². The van der Waals surface area contributed by atoms with Crippen LogP contribution >= 0.6 is 23.2 Å². The maximum Gasteiger partial charge on any atom is 0.0477 e. The van der Waals surface area contributed by atoms with E-state index in [0.717, 1.165) is 38.3 Å². The average molecular weight is 262 g/mol. The highest BCUT2D eigenvalue weighted by Gasteiger charge is 1.97. The largest absolute Gasteiger partial charge is 0.382 e. The predicted molar refractivity (Wildman–Crippen MR) is 69.3 cm³/mol. The van der Waals surface area contributed by atoms with E-state index in [9.17, 15) is 0 Å². The van der Waals surface area contributed by atoms with E-state index in [0.29, 0.717) is 10.0 Å². The van der Waals surface area contributed by atoms with Crippen molar-refractivity contribution in [1.82, 2.24) is 5.32 Å². The Morgan fingerprint density at radius 1 is 1.19 bits per heavy atom. The number of benzene rings is 1. The van der Waals surface area contributed by atoms with E-state index < -0.39 is 0 Å². The highest BCUT2D eigenvalue weighted by Crippen LogP contribution is 2.18. The van der Waals surface area contributed by atoms with Crippen LogP contribution in [0.1, 0.15) is 18.9 Å². The molecule has 1 aromatic carbocycles. The highest BCUT2D eigenvalue weighted by atomic mass is 35.5. The zero-order valence-corrected chi connectivity index (χ0v) is 10.9. The molecule has 0 aliphatic rings. The van der Waals surface area contributed by atoms with Crippen LogP contribution in [0.3, 0.4) is 0 Å². The average Bonchev–Trinajstić information content (AvgIpc) is 2.22. The first kappa shape index (κ1) is 13.8. The van der Waals surface area contributed by atoms with Crippen molar-refractivity contribution in [3.8, 4) is 0 Å². The first-order chi connectivity index (χ1) is 7.72. The molecule has 0 aliphatic carbocycles. The molecule has 0 saturated heterocycles. The molecule has 1 rings (SSSR count). The Morgan fingerprint density at radius 3 is 2.50 bits per heavy atom. The molecule has 0 unspecified atom stereocenters. The van der Waals surface area contributed by atoms with Gasteiger partial charge in [-0.25, -0.2) is 0 Å². The standard InChI is InChI=1S/C12H17Cl2NO/c1-2-16-5-3-4-15-9-10-6-11(13)8-12(14)7-10/h6-8,15H,2-5,9H2,1H3. The molecular formula is C12H17Cl2NO. The molecule has 0 atom stereocenters. The molecule has 0 spiro atoms. The van der Waals surface area contributed by atoms with Gasteiger partial charge in [-0.15, -0.1) is 0 Å². The predicted octanol–water partition coefficient (Wildman–Crippen LogP) is 3.51. The number of nitrogens with one attached hydrogen (secondary N) is 1. The van der Waals surface area contributed by atoms with Crippen LogP contribution in [0.5, 0.6) is 0 Å². The quantitative estimate of drug-likeness (QED) is 0.759. The Balaban J connectivity index is 2.21. The number of ether oxygens (including phenoxy) is 1. The van der Waals surface area contributed by atoms with Crippen LogP contribution in [0.25, 0.3) is 0 Å². The number of halogens is 2. The summed E-state index contributed by atoms with van der Waals surface area (Å²) in [4.78, 5) is 0. The van der Waals surface area contributed by atoms with E-state index in [1.54, 1.807) is 6.07 Å². The molecular weight excluding hydrogens is 245 g/mol. The van der Waals surface area contributed by atoms with Gasteiger partial charge in [0.15, 0.2) is 0 Å². The van der Waals surface area contributed by atoms with E-state index in [1.165, 1.54) is 0 Å². The van der Waals surface area contributed by atoms with Crippen molar-refractivity contribution in [2.45, 2.75) is 19.9 Å². The highest BCUT2D eigenvalue weighted by molar-refractivity contribution is 6.34. The molecule has 16 heavy (non-hydrogen) atoms. The molecule has 90 valence electrons. The Bertz CT molecular complexity index is 298. The minimum absolute atomic E-state index is 0.679. The molecule has 1 N–H and O–H groups in total. The molecule has 1 aromatic rings. The second kappa shape index (κ2) is 7.91. The van der Waals surface area contributed by atoms with Gasteiger partial charge < -0.3 is 10.1 Å². The van der Waals surface area contributed by atoms with E-state index in [-0.39, 0.29) is 0 Å². The molecule has 0 aliphatic heterocycles. The molecule has 4 heteroatoms. The maximum absolute atomic E-state index is 5.90. The molecule has 0 amide bonds. The van der Waals surface area contributed by atoms with Crippen molar-refractivity contribution < 1.29 is 4.74 Å². The summed E-state index contributed by atoms with van der Waals surface area (Å²) in [7, 11) is 0. The molecule has 2 nitrogen and oxygen atoms in total. The lowest BCUT2D eigenvalue weighted by atomic mass is 10.2. The van der Waals surface area contributed by atoms with Crippen molar-refractivity contribution in [3.05, 3.63) is 33.8 Å². The van der Waals surface area contributed by atoms with E-state index in [4.69, 9.17) is 27.9 Å². The number of hydrogen-bond acceptors (Lipinski definition) is 2. The van der Waals surface area contributed by atoms with Crippen LogP contribution in [-0.2, 0) is 11.3 Å². The normalized spacial score (nSPS) is 10.7. The van der Waals surface area contributed by atoms with Crippen LogP contribution in [0.2, 0.25) is 10.0 Å². The van der Waals surface area contributed by atoms with Gasteiger partial charge in [-0.2, -0.15) is 0 Å². The third-order valence-electron chi connectivity index (χ3n) is 2.10. The van der Waals surface area contributed by atoms with Crippen LogP contribution in [-0.4, -0.2) is 19.8 Å². The molecule has 0 saturated carbocycles. The summed E-state index contributed by atoms with van der Waals surface area (Å²) in [5.74, 6) is 0. The topological polar surface area (TPSA) is 21.3 Å². The Hall–Kier alpha value is -0.280. The summed E-state index contributed by atoms with van der Waals surface area (Å²) >= 11 is 11.8. The molecule has 0 fully saturated rings. The van der Waals surface area contributed by atoms with E-state index in [2.05, 4.69) is 5.32 Å². The Kier molecular flexibility index (Phi) is 6.81. The van der Waals surface area contributed by atoms with E-state index >= 15 is 0 Å². The molecule has 0 aromatic heterocycles. The molecule has 0 radical (unpaired) electrons. The fraction of sp³-hybridized carbons (Fsp3) is 0.500. The zero-order chi connectivity index (χ0) is 11.8. The minimum atomic E-state index is 0.679. The third kappa shape index (κ3) is 5.71. The maximum atomic E-state index is 5.90. The van der Waals surface area contributed by atoms with Crippen molar-refractivity contribution >= 4 is 23.2 Å². The van der Waals surface area contributed by atoms with Gasteiger partial charge in [0.05, 0.1) is 0 Å². The van der Waals surface area contributed by atoms with Crippen molar-refractivity contribution in [2.24, 2.45) is 0 Å². The van der Waals surface area contributed by atoms with Crippen molar-refractivity contribution in [2.75, 3.05) is 19.8 Å². The number of hydrogen-bond donors (Lipinski definition) is 1. The van der Waals surface area contributed by atoms with E-state index in [1.807, 2.05) is 19.1 Å². The monoisotopic (exact) mass is 261 g/mol. The zero-order valence-electron chi connectivity index (χ0n) is 9.43. The SMILES string of the molecule is CCOCCCNCc1cc(Cl)cc(Cl)c1. The lowest BCUT2D eigenvalue weighted by Crippen LogP contribution is -2.16. The molecule has 0 bridgehead atoms. The van der Waals surface area contributed by atoms with Crippen LogP contribution in [0, 0.1) is 0 Å². The van der Waals surface area contributed by atoms with Crippen molar-refractivity contribution in [1.29, 1.82) is 0 Å². The fourth-order valence-electron chi connectivity index (χ4n) is 1.39. The third-order valence-corrected chi connectivity index (χ3v) is 2.53. The van der Waals surface area contributed by atoms with Gasteiger partial charge >= 0.3 is 0 Å². The van der Waals surface area contributed by atoms with Gasteiger partial charge in [-0.3, -0.25) is 0 Å². The fourth-order valence-corrected chi connectivity index (χ4v) is 1.96. The van der Waals surface area contributed by atoms with Gasteiger partial charge in [-0.1, -0.05) is 23.2 Å². The van der Waals surface area contributed by atoms with Gasteiger partial charge in [0.1, 0.15) is 0 Å². The Labute approximate surface area is 107 Å². The summed E-state index contributed by atoms with van der Waals surface area (Å²) in [5, 5.41) is 4.68. The Morgan fingerprint density at radius 2 is 1.88 bits per heavy atom.